The summed E-state index contributed by atoms with van der Waals surface area (Å²) in [5, 5.41) is 0. The molecule has 3 nitrogen and oxygen atoms in total. The zero-order valence-electron chi connectivity index (χ0n) is 11.1. The predicted molar refractivity (Wildman–Crippen MR) is 70.4 cm³/mol. The zero-order valence-corrected chi connectivity index (χ0v) is 11.1. The van der Waals surface area contributed by atoms with E-state index in [1.807, 2.05) is 32.9 Å². The zero-order chi connectivity index (χ0) is 12.8. The van der Waals surface area contributed by atoms with E-state index < -0.39 is 0 Å². The van der Waals surface area contributed by atoms with Crippen LogP contribution in [0.5, 0.6) is 0 Å². The van der Waals surface area contributed by atoms with Gasteiger partial charge >= 0.3 is 0 Å². The van der Waals surface area contributed by atoms with Crippen LogP contribution in [-0.4, -0.2) is 26.2 Å². The number of amides is 1. The molecule has 0 unspecified atom stereocenters. The van der Waals surface area contributed by atoms with E-state index >= 15 is 0 Å². The Bertz CT molecular complexity index is 388. The Kier molecular flexibility index (Phi) is 5.16. The molecule has 0 spiro atoms. The van der Waals surface area contributed by atoms with Gasteiger partial charge in [-0.2, -0.15) is 0 Å². The summed E-state index contributed by atoms with van der Waals surface area (Å²) >= 11 is 0. The number of benzene rings is 1. The maximum Gasteiger partial charge on any atom is 0.252 e. The van der Waals surface area contributed by atoms with Gasteiger partial charge in [-0.15, -0.1) is 0 Å². The van der Waals surface area contributed by atoms with Crippen LogP contribution in [0.3, 0.4) is 0 Å². The molecule has 0 N–H and O–H groups in total. The molecule has 94 valence electrons. The average molecular weight is 235 g/mol. The van der Waals surface area contributed by atoms with Gasteiger partial charge in [0.15, 0.2) is 0 Å². The number of likely N-dealkylation sites (N-methyl/N-ethyl adjacent to an activating group) is 1. The van der Waals surface area contributed by atoms with E-state index in [0.717, 1.165) is 17.7 Å². The largest absolute Gasteiger partial charge is 0.372 e. The molecule has 0 fully saturated rings. The molecule has 1 amide bonds. The molecule has 1 aromatic carbocycles. The number of rotatable bonds is 5. The Morgan fingerprint density at radius 3 is 2.65 bits per heavy atom. The Morgan fingerprint density at radius 1 is 1.35 bits per heavy atom. The second-order valence-electron chi connectivity index (χ2n) is 4.30. The summed E-state index contributed by atoms with van der Waals surface area (Å²) in [6.07, 6.45) is 0.931. The highest BCUT2D eigenvalue weighted by Crippen LogP contribution is 2.19. The molecule has 3 heteroatoms. The van der Waals surface area contributed by atoms with Crippen molar-refractivity contribution in [2.45, 2.75) is 27.2 Å². The van der Waals surface area contributed by atoms with Gasteiger partial charge in [-0.05, 0) is 31.9 Å². The number of hydrogen-bond acceptors (Lipinski definition) is 2. The summed E-state index contributed by atoms with van der Waals surface area (Å²) in [4.78, 5) is 13.5. The number of anilines is 1. The number of carbonyl (C=O) groups is 1. The van der Waals surface area contributed by atoms with Gasteiger partial charge in [0.1, 0.15) is 6.61 Å². The van der Waals surface area contributed by atoms with Crippen molar-refractivity contribution in [2.24, 2.45) is 0 Å². The van der Waals surface area contributed by atoms with E-state index in [0.29, 0.717) is 6.61 Å². The number of nitrogens with zero attached hydrogens (tertiary/aromatic N) is 1. The molecule has 0 aliphatic rings. The van der Waals surface area contributed by atoms with E-state index in [-0.39, 0.29) is 12.5 Å². The summed E-state index contributed by atoms with van der Waals surface area (Å²) in [5.41, 5.74) is 3.26. The van der Waals surface area contributed by atoms with E-state index in [2.05, 4.69) is 6.07 Å². The molecule has 0 saturated carbocycles. The molecule has 1 aromatic rings. The SMILES string of the molecule is CCCOCC(=O)N(C)c1ccc(C)cc1C. The minimum absolute atomic E-state index is 0.00889. The lowest BCUT2D eigenvalue weighted by Gasteiger charge is -2.19. The van der Waals surface area contributed by atoms with Crippen molar-refractivity contribution in [3.05, 3.63) is 29.3 Å². The molecular formula is C14H21NO2. The molecule has 0 radical (unpaired) electrons. The van der Waals surface area contributed by atoms with Crippen molar-refractivity contribution < 1.29 is 9.53 Å². The molecule has 17 heavy (non-hydrogen) atoms. The minimum atomic E-state index is -0.00889. The van der Waals surface area contributed by atoms with Crippen LogP contribution in [0.25, 0.3) is 0 Å². The van der Waals surface area contributed by atoms with Crippen LogP contribution in [0.15, 0.2) is 18.2 Å². The fourth-order valence-electron chi connectivity index (χ4n) is 1.72. The molecule has 0 aromatic heterocycles. The number of aryl methyl sites for hydroxylation is 2. The van der Waals surface area contributed by atoms with E-state index in [1.165, 1.54) is 5.56 Å². The quantitative estimate of drug-likeness (QED) is 0.734. The van der Waals surface area contributed by atoms with Gasteiger partial charge in [-0.25, -0.2) is 0 Å². The van der Waals surface area contributed by atoms with Crippen molar-refractivity contribution in [3.63, 3.8) is 0 Å². The highest BCUT2D eigenvalue weighted by Gasteiger charge is 2.12. The van der Waals surface area contributed by atoms with Crippen molar-refractivity contribution in [2.75, 3.05) is 25.2 Å². The highest BCUT2D eigenvalue weighted by atomic mass is 16.5. The maximum atomic E-state index is 11.9. The first-order valence-electron chi connectivity index (χ1n) is 5.97. The molecule has 0 aliphatic heterocycles. The van der Waals surface area contributed by atoms with Crippen LogP contribution in [0.4, 0.5) is 5.69 Å². The predicted octanol–water partition coefficient (Wildman–Crippen LogP) is 2.69. The lowest BCUT2D eigenvalue weighted by molar-refractivity contribution is -0.122. The van der Waals surface area contributed by atoms with Crippen LogP contribution in [0, 0.1) is 13.8 Å². The van der Waals surface area contributed by atoms with Crippen LogP contribution in [-0.2, 0) is 9.53 Å². The maximum absolute atomic E-state index is 11.9. The Morgan fingerprint density at radius 2 is 2.06 bits per heavy atom. The monoisotopic (exact) mass is 235 g/mol. The summed E-state index contributed by atoms with van der Waals surface area (Å²) in [5.74, 6) is -0.00889. The first-order valence-corrected chi connectivity index (χ1v) is 5.97. The first-order chi connectivity index (χ1) is 8.06. The third kappa shape index (κ3) is 3.86. The summed E-state index contributed by atoms with van der Waals surface area (Å²) in [6, 6.07) is 6.06. The smallest absolute Gasteiger partial charge is 0.252 e. The lowest BCUT2D eigenvalue weighted by atomic mass is 10.1. The van der Waals surface area contributed by atoms with Crippen LogP contribution in [0.1, 0.15) is 24.5 Å². The fourth-order valence-corrected chi connectivity index (χ4v) is 1.72. The Hall–Kier alpha value is -1.35. The van der Waals surface area contributed by atoms with Gasteiger partial charge in [0.25, 0.3) is 5.91 Å². The number of ether oxygens (including phenoxy) is 1. The van der Waals surface area contributed by atoms with E-state index in [9.17, 15) is 4.79 Å². The molecule has 0 saturated heterocycles. The average Bonchev–Trinajstić information content (AvgIpc) is 2.28. The van der Waals surface area contributed by atoms with Gasteiger partial charge in [0.2, 0.25) is 0 Å². The molecule has 0 atom stereocenters. The summed E-state index contributed by atoms with van der Waals surface area (Å²) in [6.45, 7) is 6.87. The van der Waals surface area contributed by atoms with E-state index in [4.69, 9.17) is 4.74 Å². The highest BCUT2D eigenvalue weighted by molar-refractivity contribution is 5.94. The summed E-state index contributed by atoms with van der Waals surface area (Å²) in [7, 11) is 1.79. The van der Waals surface area contributed by atoms with Crippen molar-refractivity contribution in [3.8, 4) is 0 Å². The minimum Gasteiger partial charge on any atom is -0.372 e. The molecule has 1 rings (SSSR count). The van der Waals surface area contributed by atoms with Gasteiger partial charge in [0, 0.05) is 19.3 Å². The molecular weight excluding hydrogens is 214 g/mol. The molecule has 0 heterocycles. The first kappa shape index (κ1) is 13.7. The van der Waals surface area contributed by atoms with Crippen LogP contribution < -0.4 is 4.90 Å². The van der Waals surface area contributed by atoms with Gasteiger partial charge in [0.05, 0.1) is 0 Å². The normalized spacial score (nSPS) is 10.4. The third-order valence-electron chi connectivity index (χ3n) is 2.66. The van der Waals surface area contributed by atoms with Gasteiger partial charge in [-0.1, -0.05) is 24.6 Å². The Balaban J connectivity index is 2.68. The second kappa shape index (κ2) is 6.40. The van der Waals surface area contributed by atoms with Crippen molar-refractivity contribution in [1.29, 1.82) is 0 Å². The van der Waals surface area contributed by atoms with Gasteiger partial charge in [-0.3, -0.25) is 4.79 Å². The topological polar surface area (TPSA) is 29.5 Å². The third-order valence-corrected chi connectivity index (χ3v) is 2.66. The van der Waals surface area contributed by atoms with Crippen molar-refractivity contribution >= 4 is 11.6 Å². The standard InChI is InChI=1S/C14H21NO2/c1-5-8-17-10-14(16)15(4)13-7-6-11(2)9-12(13)3/h6-7,9H,5,8,10H2,1-4H3. The second-order valence-corrected chi connectivity index (χ2v) is 4.30. The van der Waals surface area contributed by atoms with Crippen molar-refractivity contribution in [1.82, 2.24) is 0 Å². The number of hydrogen-bond donors (Lipinski definition) is 0. The van der Waals surface area contributed by atoms with Gasteiger partial charge < -0.3 is 9.64 Å². The van der Waals surface area contributed by atoms with Crippen LogP contribution >= 0.6 is 0 Å². The fraction of sp³-hybridized carbons (Fsp3) is 0.500. The van der Waals surface area contributed by atoms with Crippen LogP contribution in [0.2, 0.25) is 0 Å². The lowest BCUT2D eigenvalue weighted by Crippen LogP contribution is -2.30. The summed E-state index contributed by atoms with van der Waals surface area (Å²) < 4.78 is 5.26. The number of carbonyl (C=O) groups excluding carboxylic acids is 1. The Labute approximate surface area is 103 Å². The van der Waals surface area contributed by atoms with E-state index in [1.54, 1.807) is 11.9 Å². The molecule has 0 bridgehead atoms. The molecule has 0 aliphatic carbocycles.